The third-order valence-electron chi connectivity index (χ3n) is 4.11. The highest BCUT2D eigenvalue weighted by atomic mass is 32.2. The highest BCUT2D eigenvalue weighted by molar-refractivity contribution is 7.97. The number of aryl methyl sites for hydroxylation is 2. The summed E-state index contributed by atoms with van der Waals surface area (Å²) in [6.07, 6.45) is 4.00. The maximum absolute atomic E-state index is 11.2. The van der Waals surface area contributed by atoms with Crippen molar-refractivity contribution in [3.05, 3.63) is 11.8 Å². The molecule has 0 atom stereocenters. The minimum absolute atomic E-state index is 0.372. The highest BCUT2D eigenvalue weighted by Crippen LogP contribution is 2.47. The Kier molecular flexibility index (Phi) is 2.98. The molecular weight excluding hydrogens is 246 g/mol. The Bertz CT molecular complexity index is 465. The molecule has 2 aliphatic rings. The van der Waals surface area contributed by atoms with Gasteiger partial charge in [-0.3, -0.25) is 9.48 Å². The molecule has 1 saturated carbocycles. The second kappa shape index (κ2) is 4.38. The number of carbonyl (C=O) groups is 1. The number of hydrogen-bond acceptors (Lipinski definition) is 4. The molecule has 18 heavy (non-hydrogen) atoms. The van der Waals surface area contributed by atoms with E-state index >= 15 is 0 Å². The van der Waals surface area contributed by atoms with Crippen molar-refractivity contribution in [3.63, 3.8) is 0 Å². The van der Waals surface area contributed by atoms with Gasteiger partial charge in [0.25, 0.3) is 0 Å². The predicted octanol–water partition coefficient (Wildman–Crippen LogP) is 2.18. The minimum Gasteiger partial charge on any atom is -0.300 e. The lowest BCUT2D eigenvalue weighted by molar-refractivity contribution is -0.134. The molecule has 0 bridgehead atoms. The van der Waals surface area contributed by atoms with E-state index in [0.717, 1.165) is 31.6 Å². The summed E-state index contributed by atoms with van der Waals surface area (Å²) in [7, 11) is 1.99. The van der Waals surface area contributed by atoms with Crippen LogP contribution in [0.2, 0.25) is 0 Å². The molecule has 1 saturated heterocycles. The second-order valence-corrected chi connectivity index (χ2v) is 6.78. The fraction of sp³-hybridized carbons (Fsp3) is 0.692. The number of piperidine rings is 1. The van der Waals surface area contributed by atoms with Crippen LogP contribution in [0.15, 0.2) is 11.1 Å². The molecule has 4 nitrogen and oxygen atoms in total. The summed E-state index contributed by atoms with van der Waals surface area (Å²) in [6.45, 7) is 4.19. The van der Waals surface area contributed by atoms with E-state index in [1.807, 2.05) is 18.7 Å². The van der Waals surface area contributed by atoms with Crippen LogP contribution in [0.4, 0.5) is 0 Å². The summed E-state index contributed by atoms with van der Waals surface area (Å²) in [4.78, 5) is 11.2. The molecule has 1 aliphatic carbocycles. The van der Waals surface area contributed by atoms with Gasteiger partial charge in [-0.15, -0.1) is 0 Å². The van der Waals surface area contributed by atoms with Gasteiger partial charge in [-0.05, 0) is 43.2 Å². The smallest absolute Gasteiger partial charge is 0.134 e. The zero-order valence-electron chi connectivity index (χ0n) is 11.0. The van der Waals surface area contributed by atoms with Gasteiger partial charge in [0.05, 0.1) is 5.69 Å². The van der Waals surface area contributed by atoms with Crippen LogP contribution >= 0.6 is 11.9 Å². The van der Waals surface area contributed by atoms with Gasteiger partial charge in [-0.25, -0.2) is 4.31 Å². The number of hydrogen-bond donors (Lipinski definition) is 0. The second-order valence-electron chi connectivity index (χ2n) is 5.66. The van der Waals surface area contributed by atoms with Crippen molar-refractivity contribution in [1.82, 2.24) is 14.1 Å². The van der Waals surface area contributed by atoms with Gasteiger partial charge in [-0.2, -0.15) is 5.10 Å². The van der Waals surface area contributed by atoms with Gasteiger partial charge in [0, 0.05) is 33.0 Å². The van der Waals surface area contributed by atoms with Crippen LogP contribution in [0.25, 0.3) is 0 Å². The van der Waals surface area contributed by atoms with Crippen LogP contribution in [0.3, 0.4) is 0 Å². The maximum Gasteiger partial charge on any atom is 0.134 e. The van der Waals surface area contributed by atoms with Gasteiger partial charge in [-0.1, -0.05) is 0 Å². The van der Waals surface area contributed by atoms with E-state index in [9.17, 15) is 4.79 Å². The van der Waals surface area contributed by atoms with E-state index in [4.69, 9.17) is 0 Å². The molecule has 5 heteroatoms. The first-order chi connectivity index (χ1) is 8.56. The number of nitrogens with zero attached hydrogens (tertiary/aromatic N) is 3. The Hall–Kier alpha value is -0.810. The number of aromatic nitrogens is 2. The van der Waals surface area contributed by atoms with Crippen molar-refractivity contribution >= 4 is 17.7 Å². The summed E-state index contributed by atoms with van der Waals surface area (Å²) in [5, 5.41) is 5.57. The van der Waals surface area contributed by atoms with Gasteiger partial charge in [0.1, 0.15) is 10.8 Å². The average Bonchev–Trinajstić information content (AvgIpc) is 2.59. The molecule has 0 amide bonds. The van der Waals surface area contributed by atoms with Crippen molar-refractivity contribution in [1.29, 1.82) is 0 Å². The van der Waals surface area contributed by atoms with E-state index in [-0.39, 0.29) is 0 Å². The summed E-state index contributed by atoms with van der Waals surface area (Å²) in [6, 6.07) is 2.13. The van der Waals surface area contributed by atoms with E-state index < -0.39 is 0 Å². The van der Waals surface area contributed by atoms with Gasteiger partial charge >= 0.3 is 0 Å². The SMILES string of the molecule is Cc1cc(SN2CCC3(CC2)CC(=O)C3)n(C)n1. The summed E-state index contributed by atoms with van der Waals surface area (Å²) in [5.41, 5.74) is 1.44. The fourth-order valence-electron chi connectivity index (χ4n) is 2.99. The van der Waals surface area contributed by atoms with E-state index in [1.54, 1.807) is 11.9 Å². The monoisotopic (exact) mass is 265 g/mol. The van der Waals surface area contributed by atoms with E-state index in [1.165, 1.54) is 17.9 Å². The summed E-state index contributed by atoms with van der Waals surface area (Å²) in [5.74, 6) is 0.457. The average molecular weight is 265 g/mol. The number of carbonyl (C=O) groups excluding carboxylic acids is 1. The van der Waals surface area contributed by atoms with Crippen LogP contribution < -0.4 is 0 Å². The standard InChI is InChI=1S/C13H19N3OS/c1-10-7-12(15(2)14-10)18-16-5-3-13(4-6-16)8-11(17)9-13/h7H,3-6,8-9H2,1-2H3. The zero-order chi connectivity index (χ0) is 12.8. The molecule has 0 radical (unpaired) electrons. The van der Waals surface area contributed by atoms with Crippen molar-refractivity contribution in [2.75, 3.05) is 13.1 Å². The van der Waals surface area contributed by atoms with Crippen LogP contribution in [0.5, 0.6) is 0 Å². The molecule has 1 aliphatic heterocycles. The number of Topliss-reactive ketones (excluding diaryl/α,β-unsaturated/α-hetero) is 1. The first-order valence-corrected chi connectivity index (χ1v) is 7.29. The van der Waals surface area contributed by atoms with E-state index in [0.29, 0.717) is 11.2 Å². The molecule has 2 heterocycles. The lowest BCUT2D eigenvalue weighted by atomic mass is 9.63. The van der Waals surface area contributed by atoms with Gasteiger partial charge in [0.2, 0.25) is 0 Å². The van der Waals surface area contributed by atoms with Crippen molar-refractivity contribution in [3.8, 4) is 0 Å². The maximum atomic E-state index is 11.2. The fourth-order valence-corrected chi connectivity index (χ4v) is 4.01. The Morgan fingerprint density at radius 2 is 2.00 bits per heavy atom. The molecule has 0 N–H and O–H groups in total. The molecule has 98 valence electrons. The van der Waals surface area contributed by atoms with Crippen LogP contribution in [-0.2, 0) is 11.8 Å². The highest BCUT2D eigenvalue weighted by Gasteiger charge is 2.45. The summed E-state index contributed by atoms with van der Waals surface area (Å²) < 4.78 is 4.35. The topological polar surface area (TPSA) is 38.1 Å². The number of ketones is 1. The molecule has 1 aromatic heterocycles. The summed E-state index contributed by atoms with van der Waals surface area (Å²) >= 11 is 1.80. The van der Waals surface area contributed by atoms with Crippen LogP contribution in [0, 0.1) is 12.3 Å². The molecule has 0 aromatic carbocycles. The quantitative estimate of drug-likeness (QED) is 0.768. The molecule has 3 rings (SSSR count). The largest absolute Gasteiger partial charge is 0.300 e. The molecule has 1 aromatic rings. The van der Waals surface area contributed by atoms with Crippen LogP contribution in [-0.4, -0.2) is 33.0 Å². The Morgan fingerprint density at radius 3 is 2.50 bits per heavy atom. The van der Waals surface area contributed by atoms with Gasteiger partial charge in [0.15, 0.2) is 0 Å². The predicted molar refractivity (Wildman–Crippen MR) is 71.3 cm³/mol. The molecular formula is C13H19N3OS. The first kappa shape index (κ1) is 12.2. The molecule has 2 fully saturated rings. The van der Waals surface area contributed by atoms with Crippen LogP contribution in [0.1, 0.15) is 31.4 Å². The van der Waals surface area contributed by atoms with Crippen molar-refractivity contribution < 1.29 is 4.79 Å². The first-order valence-electron chi connectivity index (χ1n) is 6.52. The van der Waals surface area contributed by atoms with E-state index in [2.05, 4.69) is 15.5 Å². The van der Waals surface area contributed by atoms with Crippen molar-refractivity contribution in [2.45, 2.75) is 37.6 Å². The normalized spacial score (nSPS) is 23.3. The lowest BCUT2D eigenvalue weighted by Crippen LogP contribution is -2.45. The Labute approximate surface area is 112 Å². The zero-order valence-corrected chi connectivity index (χ0v) is 11.8. The lowest BCUT2D eigenvalue weighted by Gasteiger charge is -2.46. The third-order valence-corrected chi connectivity index (χ3v) is 5.30. The molecule has 0 unspecified atom stereocenters. The Balaban J connectivity index is 1.57. The minimum atomic E-state index is 0.372. The third kappa shape index (κ3) is 2.21. The van der Waals surface area contributed by atoms with Gasteiger partial charge < -0.3 is 0 Å². The Morgan fingerprint density at radius 1 is 1.33 bits per heavy atom. The number of rotatable bonds is 2. The van der Waals surface area contributed by atoms with Crippen molar-refractivity contribution in [2.24, 2.45) is 12.5 Å². The molecule has 1 spiro atoms.